The quantitative estimate of drug-likeness (QED) is 0.598. The Balaban J connectivity index is 1.86. The van der Waals surface area contributed by atoms with E-state index in [0.29, 0.717) is 12.3 Å². The Morgan fingerprint density at radius 2 is 2.38 bits per heavy atom. The van der Waals surface area contributed by atoms with Gasteiger partial charge in [0.05, 0.1) is 6.61 Å². The summed E-state index contributed by atoms with van der Waals surface area (Å²) in [6.45, 7) is 0.723. The first-order chi connectivity index (χ1) is 3.93. The monoisotopic (exact) mass is 134 g/mol. The van der Waals surface area contributed by atoms with Gasteiger partial charge in [0.15, 0.2) is 12.3 Å². The molecule has 0 amide bonds. The van der Waals surface area contributed by atoms with Gasteiger partial charge in [-0.15, -0.1) is 0 Å². The molecule has 0 radical (unpaired) electrons. The largest absolute Gasteiger partial charge is 0.307 e. The Morgan fingerprint density at radius 1 is 1.62 bits per heavy atom. The molecule has 1 aliphatic rings. The smallest absolute Gasteiger partial charge is 0.155 e. The second-order valence-electron chi connectivity index (χ2n) is 2.16. The summed E-state index contributed by atoms with van der Waals surface area (Å²) in [5.74, 6) is 0.731. The van der Waals surface area contributed by atoms with Crippen LogP contribution in [-0.4, -0.2) is 11.2 Å². The first-order valence-electron chi connectivity index (χ1n) is 2.86. The summed E-state index contributed by atoms with van der Waals surface area (Å²) in [4.78, 5) is 0. The minimum atomic E-state index is 0.479. The van der Waals surface area contributed by atoms with Gasteiger partial charge in [-0.2, -0.15) is 0 Å². The van der Waals surface area contributed by atoms with E-state index in [2.05, 4.69) is 0 Å². The molecule has 0 saturated heterocycles. The molecule has 0 atom stereocenters. The van der Waals surface area contributed by atoms with E-state index in [4.69, 9.17) is 8.74 Å². The minimum Gasteiger partial charge on any atom is -0.307 e. The van der Waals surface area contributed by atoms with Crippen LogP contribution in [-0.2, 0) is 4.18 Å². The molecule has 0 bridgehead atoms. The molecule has 0 spiro atoms. The highest BCUT2D eigenvalue weighted by Crippen LogP contribution is 2.26. The van der Waals surface area contributed by atoms with Gasteiger partial charge in [0.1, 0.15) is 0 Å². The summed E-state index contributed by atoms with van der Waals surface area (Å²) < 4.78 is 12.8. The van der Waals surface area contributed by atoms with Crippen LogP contribution in [0.25, 0.3) is 0 Å². The van der Waals surface area contributed by atoms with Crippen molar-refractivity contribution >= 4 is 12.3 Å². The first-order valence-corrected chi connectivity index (χ1v) is 3.56. The third kappa shape index (κ3) is 1.65. The lowest BCUT2D eigenvalue weighted by molar-refractivity contribution is 0.194. The van der Waals surface area contributed by atoms with E-state index in [1.807, 2.05) is 0 Å². The zero-order chi connectivity index (χ0) is 5.82. The van der Waals surface area contributed by atoms with Crippen LogP contribution in [0.5, 0.6) is 0 Å². The molecular weight excluding hydrogens is 124 g/mol. The molecule has 0 heterocycles. The van der Waals surface area contributed by atoms with Gasteiger partial charge >= 0.3 is 0 Å². The molecule has 1 N–H and O–H groups in total. The molecule has 1 rings (SSSR count). The Kier molecular flexibility index (Phi) is 2.66. The summed E-state index contributed by atoms with van der Waals surface area (Å²) in [6, 6.07) is 0. The molecule has 48 valence electrons. The topological polar surface area (TPSA) is 29.5 Å². The molecule has 8 heavy (non-hydrogen) atoms. The van der Waals surface area contributed by atoms with Crippen LogP contribution >= 0.6 is 12.3 Å². The molecule has 0 aromatic carbocycles. The van der Waals surface area contributed by atoms with Crippen molar-refractivity contribution < 1.29 is 8.74 Å². The van der Waals surface area contributed by atoms with Crippen LogP contribution in [0.15, 0.2) is 0 Å². The van der Waals surface area contributed by atoms with Crippen molar-refractivity contribution in [2.45, 2.75) is 19.3 Å². The van der Waals surface area contributed by atoms with E-state index in [-0.39, 0.29) is 0 Å². The molecule has 0 aliphatic heterocycles. The molecule has 1 saturated carbocycles. The van der Waals surface area contributed by atoms with Gasteiger partial charge in [-0.3, -0.25) is 4.18 Å². The Labute approximate surface area is 53.6 Å². The van der Waals surface area contributed by atoms with E-state index in [1.165, 1.54) is 19.3 Å². The van der Waals surface area contributed by atoms with Crippen molar-refractivity contribution in [1.29, 1.82) is 0 Å². The predicted molar refractivity (Wildman–Crippen MR) is 33.5 cm³/mol. The van der Waals surface area contributed by atoms with E-state index < -0.39 is 0 Å². The van der Waals surface area contributed by atoms with Crippen LogP contribution < -0.4 is 0 Å². The Morgan fingerprint density at radius 3 is 2.75 bits per heavy atom. The van der Waals surface area contributed by atoms with Crippen molar-refractivity contribution in [2.75, 3.05) is 6.61 Å². The summed E-state index contributed by atoms with van der Waals surface area (Å²) in [5, 5.41) is 0. The second-order valence-corrected chi connectivity index (χ2v) is 2.54. The fraction of sp³-hybridized carbons (Fsp3) is 1.00. The van der Waals surface area contributed by atoms with Gasteiger partial charge in [0.2, 0.25) is 0 Å². The van der Waals surface area contributed by atoms with Gasteiger partial charge in [0, 0.05) is 0 Å². The maximum Gasteiger partial charge on any atom is 0.155 e. The van der Waals surface area contributed by atoms with E-state index in [9.17, 15) is 0 Å². The van der Waals surface area contributed by atoms with E-state index in [1.54, 1.807) is 0 Å². The summed E-state index contributed by atoms with van der Waals surface area (Å²) in [6.07, 6.45) is 3.89. The van der Waals surface area contributed by atoms with Crippen molar-refractivity contribution in [3.8, 4) is 0 Å². The lowest BCUT2D eigenvalue weighted by atomic mass is 9.86. The average Bonchev–Trinajstić information content (AvgIpc) is 1.63. The Hall–Kier alpha value is 0.270. The van der Waals surface area contributed by atoms with Crippen molar-refractivity contribution in [3.05, 3.63) is 0 Å². The van der Waals surface area contributed by atoms with Gasteiger partial charge in [-0.25, -0.2) is 0 Å². The molecule has 3 heteroatoms. The number of rotatable bonds is 3. The van der Waals surface area contributed by atoms with E-state index >= 15 is 0 Å². The highest BCUT2D eigenvalue weighted by Gasteiger charge is 2.16. The summed E-state index contributed by atoms with van der Waals surface area (Å²) in [5.41, 5.74) is 0. The minimum absolute atomic E-state index is 0.479. The zero-order valence-electron chi connectivity index (χ0n) is 4.67. The van der Waals surface area contributed by atoms with E-state index in [0.717, 1.165) is 12.5 Å². The van der Waals surface area contributed by atoms with Gasteiger partial charge in [0.25, 0.3) is 0 Å². The number of hydrogen-bond acceptors (Lipinski definition) is 3. The fourth-order valence-corrected chi connectivity index (χ4v) is 1.04. The fourth-order valence-electron chi connectivity index (χ4n) is 0.786. The molecule has 1 aliphatic carbocycles. The molecule has 0 unspecified atom stereocenters. The molecule has 1 fully saturated rings. The van der Waals surface area contributed by atoms with Crippen LogP contribution in [0, 0.1) is 5.92 Å². The first kappa shape index (κ1) is 6.39. The van der Waals surface area contributed by atoms with Crippen LogP contribution in [0.1, 0.15) is 19.3 Å². The van der Waals surface area contributed by atoms with Gasteiger partial charge in [-0.1, -0.05) is 6.42 Å². The third-order valence-corrected chi connectivity index (χ3v) is 1.82. The average molecular weight is 134 g/mol. The maximum absolute atomic E-state index is 8.13. The zero-order valence-corrected chi connectivity index (χ0v) is 5.49. The van der Waals surface area contributed by atoms with Gasteiger partial charge < -0.3 is 4.55 Å². The predicted octanol–water partition coefficient (Wildman–Crippen LogP) is 1.92. The molecule has 0 aromatic heterocycles. The lowest BCUT2D eigenvalue weighted by Gasteiger charge is -2.23. The molecule has 0 aromatic rings. The van der Waals surface area contributed by atoms with Gasteiger partial charge in [-0.05, 0) is 18.8 Å². The van der Waals surface area contributed by atoms with Crippen molar-refractivity contribution in [2.24, 2.45) is 5.92 Å². The lowest BCUT2D eigenvalue weighted by Crippen LogP contribution is -2.15. The SMILES string of the molecule is OSOCC1CCC1. The van der Waals surface area contributed by atoms with Crippen molar-refractivity contribution in [1.82, 2.24) is 0 Å². The molecule has 2 nitrogen and oxygen atoms in total. The van der Waals surface area contributed by atoms with Crippen LogP contribution in [0.4, 0.5) is 0 Å². The second kappa shape index (κ2) is 3.33. The standard InChI is InChI=1S/C5H10O2S/c6-8-7-4-5-2-1-3-5/h5-6H,1-4H2. The van der Waals surface area contributed by atoms with Crippen LogP contribution in [0.2, 0.25) is 0 Å². The maximum atomic E-state index is 8.13. The highest BCUT2D eigenvalue weighted by atomic mass is 32.2. The molecular formula is C5H10O2S. The van der Waals surface area contributed by atoms with Crippen LogP contribution in [0.3, 0.4) is 0 Å². The third-order valence-electron chi connectivity index (χ3n) is 1.58. The summed E-state index contributed by atoms with van der Waals surface area (Å²) >= 11 is 0.479. The summed E-state index contributed by atoms with van der Waals surface area (Å²) in [7, 11) is 0. The number of hydrogen-bond donors (Lipinski definition) is 1. The highest BCUT2D eigenvalue weighted by molar-refractivity contribution is 7.88. The normalized spacial score (nSPS) is 20.6. The Bertz CT molecular complexity index is 63.4. The van der Waals surface area contributed by atoms with Crippen molar-refractivity contribution in [3.63, 3.8) is 0 Å².